The van der Waals surface area contributed by atoms with Gasteiger partial charge in [-0.15, -0.1) is 11.3 Å². The van der Waals surface area contributed by atoms with Crippen LogP contribution in [0, 0.1) is 5.41 Å². The van der Waals surface area contributed by atoms with Crippen molar-refractivity contribution in [3.63, 3.8) is 0 Å². The SMILES string of the molecule is N=c1sccn1-c1ccc(NC(=O)[C@H]2C[C@@H](O)CN2C(=O)Nc2ccc(Cl)cc2)cc1. The van der Waals surface area contributed by atoms with Gasteiger partial charge in [0.25, 0.3) is 0 Å². The van der Waals surface area contributed by atoms with E-state index in [0.717, 1.165) is 5.69 Å². The molecule has 2 atom stereocenters. The molecule has 3 amide bonds. The van der Waals surface area contributed by atoms with Gasteiger partial charge in [0, 0.05) is 46.6 Å². The molecule has 0 bridgehead atoms. The van der Waals surface area contributed by atoms with Crippen LogP contribution in [0.1, 0.15) is 6.42 Å². The summed E-state index contributed by atoms with van der Waals surface area (Å²) in [6.07, 6.45) is 1.18. The Morgan fingerprint density at radius 1 is 1.06 bits per heavy atom. The average Bonchev–Trinajstić information content (AvgIpc) is 3.36. The first kappa shape index (κ1) is 21.1. The van der Waals surface area contributed by atoms with Crippen molar-refractivity contribution in [2.24, 2.45) is 0 Å². The lowest BCUT2D eigenvalue weighted by Crippen LogP contribution is -2.45. The van der Waals surface area contributed by atoms with Crippen LogP contribution < -0.4 is 15.4 Å². The van der Waals surface area contributed by atoms with Crippen molar-refractivity contribution in [2.75, 3.05) is 17.2 Å². The second kappa shape index (κ2) is 8.93. The molecule has 31 heavy (non-hydrogen) atoms. The Morgan fingerprint density at radius 3 is 2.35 bits per heavy atom. The van der Waals surface area contributed by atoms with E-state index >= 15 is 0 Å². The highest BCUT2D eigenvalue weighted by Gasteiger charge is 2.39. The number of likely N-dealkylation sites (tertiary alicyclic amines) is 1. The number of hydrogen-bond donors (Lipinski definition) is 4. The first-order valence-corrected chi connectivity index (χ1v) is 10.8. The fourth-order valence-electron chi connectivity index (χ4n) is 3.43. The van der Waals surface area contributed by atoms with Crippen LogP contribution >= 0.6 is 22.9 Å². The minimum atomic E-state index is -0.798. The van der Waals surface area contributed by atoms with Crippen molar-refractivity contribution in [3.8, 4) is 5.69 Å². The lowest BCUT2D eigenvalue weighted by atomic mass is 10.1. The Kier molecular flexibility index (Phi) is 6.08. The highest BCUT2D eigenvalue weighted by atomic mass is 35.5. The summed E-state index contributed by atoms with van der Waals surface area (Å²) in [7, 11) is 0. The van der Waals surface area contributed by atoms with Gasteiger partial charge < -0.3 is 20.6 Å². The minimum Gasteiger partial charge on any atom is -0.391 e. The Hall–Kier alpha value is -3.14. The van der Waals surface area contributed by atoms with Gasteiger partial charge in [-0.1, -0.05) is 11.6 Å². The van der Waals surface area contributed by atoms with Gasteiger partial charge in [0.15, 0.2) is 4.80 Å². The van der Waals surface area contributed by atoms with E-state index in [1.54, 1.807) is 59.3 Å². The number of benzene rings is 2. The van der Waals surface area contributed by atoms with Crippen LogP contribution in [0.5, 0.6) is 0 Å². The summed E-state index contributed by atoms with van der Waals surface area (Å²) in [6, 6.07) is 12.4. The van der Waals surface area contributed by atoms with E-state index in [0.29, 0.717) is 21.2 Å². The van der Waals surface area contributed by atoms with E-state index in [2.05, 4.69) is 10.6 Å². The third kappa shape index (κ3) is 4.79. The fraction of sp³-hybridized carbons (Fsp3) is 0.190. The maximum atomic E-state index is 12.8. The number of aromatic nitrogens is 1. The summed E-state index contributed by atoms with van der Waals surface area (Å²) in [5.74, 6) is -0.375. The predicted molar refractivity (Wildman–Crippen MR) is 120 cm³/mol. The van der Waals surface area contributed by atoms with Crippen LogP contribution in [0.3, 0.4) is 0 Å². The number of rotatable bonds is 4. The van der Waals surface area contributed by atoms with Gasteiger partial charge in [0.05, 0.1) is 6.10 Å². The molecule has 160 valence electrons. The van der Waals surface area contributed by atoms with E-state index in [9.17, 15) is 14.7 Å². The first-order valence-electron chi connectivity index (χ1n) is 9.54. The van der Waals surface area contributed by atoms with Gasteiger partial charge in [0.1, 0.15) is 6.04 Å². The molecule has 3 aromatic rings. The molecule has 8 nitrogen and oxygen atoms in total. The number of nitrogens with one attached hydrogen (secondary N) is 3. The molecule has 1 fully saturated rings. The maximum absolute atomic E-state index is 12.8. The molecule has 0 aliphatic carbocycles. The quantitative estimate of drug-likeness (QED) is 0.482. The summed E-state index contributed by atoms with van der Waals surface area (Å²) >= 11 is 7.18. The third-order valence-electron chi connectivity index (χ3n) is 4.96. The summed E-state index contributed by atoms with van der Waals surface area (Å²) in [5.41, 5.74) is 1.92. The smallest absolute Gasteiger partial charge is 0.322 e. The Balaban J connectivity index is 1.43. The molecule has 1 saturated heterocycles. The lowest BCUT2D eigenvalue weighted by molar-refractivity contribution is -0.119. The van der Waals surface area contributed by atoms with Crippen molar-refractivity contribution < 1.29 is 14.7 Å². The van der Waals surface area contributed by atoms with Crippen molar-refractivity contribution in [2.45, 2.75) is 18.6 Å². The van der Waals surface area contributed by atoms with Gasteiger partial charge in [-0.05, 0) is 48.5 Å². The fourth-order valence-corrected chi connectivity index (χ4v) is 4.15. The number of carbonyl (C=O) groups excluding carboxylic acids is 2. The van der Waals surface area contributed by atoms with Crippen molar-refractivity contribution in [3.05, 3.63) is 69.9 Å². The van der Waals surface area contributed by atoms with E-state index < -0.39 is 18.2 Å². The number of β-amino-alcohol motifs (C(OH)–C–C–N with tert-alkyl or cyclic N) is 1. The highest BCUT2D eigenvalue weighted by molar-refractivity contribution is 7.07. The number of nitrogens with zero attached hydrogens (tertiary/aromatic N) is 2. The van der Waals surface area contributed by atoms with E-state index in [-0.39, 0.29) is 18.9 Å². The second-order valence-corrected chi connectivity index (χ2v) is 8.44. The van der Waals surface area contributed by atoms with Gasteiger partial charge >= 0.3 is 6.03 Å². The van der Waals surface area contributed by atoms with Gasteiger partial charge in [-0.2, -0.15) is 0 Å². The minimum absolute atomic E-state index is 0.0670. The van der Waals surface area contributed by atoms with Crippen LogP contribution in [0.2, 0.25) is 5.02 Å². The molecule has 2 heterocycles. The molecule has 4 N–H and O–H groups in total. The molecule has 1 aliphatic heterocycles. The maximum Gasteiger partial charge on any atom is 0.322 e. The monoisotopic (exact) mass is 457 g/mol. The van der Waals surface area contributed by atoms with Crippen LogP contribution in [-0.2, 0) is 4.79 Å². The molecule has 10 heteroatoms. The Morgan fingerprint density at radius 2 is 1.71 bits per heavy atom. The molecular weight excluding hydrogens is 438 g/mol. The number of halogens is 1. The van der Waals surface area contributed by atoms with E-state index in [1.807, 2.05) is 5.38 Å². The number of aliphatic hydroxyl groups is 1. The third-order valence-corrected chi connectivity index (χ3v) is 5.89. The molecular formula is C21H20ClN5O3S. The zero-order valence-corrected chi connectivity index (χ0v) is 17.9. The molecule has 1 aromatic heterocycles. The summed E-state index contributed by atoms with van der Waals surface area (Å²) in [6.45, 7) is 0.0670. The van der Waals surface area contributed by atoms with Gasteiger partial charge in [-0.3, -0.25) is 14.8 Å². The summed E-state index contributed by atoms with van der Waals surface area (Å²) < 4.78 is 1.73. The number of hydrogen-bond acceptors (Lipinski definition) is 5. The zero-order valence-electron chi connectivity index (χ0n) is 16.3. The van der Waals surface area contributed by atoms with Crippen LogP contribution in [0.25, 0.3) is 5.69 Å². The van der Waals surface area contributed by atoms with Gasteiger partial charge in [0.2, 0.25) is 5.91 Å². The molecule has 1 aliphatic rings. The first-order chi connectivity index (χ1) is 14.9. The van der Waals surface area contributed by atoms with Crippen molar-refractivity contribution in [1.29, 1.82) is 5.41 Å². The molecule has 0 unspecified atom stereocenters. The number of aliphatic hydroxyl groups excluding tert-OH is 1. The van der Waals surface area contributed by atoms with E-state index in [4.69, 9.17) is 17.0 Å². The molecule has 0 spiro atoms. The average molecular weight is 458 g/mol. The number of anilines is 2. The van der Waals surface area contributed by atoms with Crippen LogP contribution in [0.4, 0.5) is 16.2 Å². The summed E-state index contributed by atoms with van der Waals surface area (Å²) in [4.78, 5) is 27.3. The standard InChI is InChI=1S/C21H20ClN5O3S/c22-13-1-3-15(4-2-13)25-21(30)27-12-17(28)11-18(27)19(29)24-14-5-7-16(8-6-14)26-9-10-31-20(26)23/h1-10,17-18,23,28H,11-12H2,(H,24,29)(H,25,30)/t17-,18-/m1/s1. The summed E-state index contributed by atoms with van der Waals surface area (Å²) in [5, 5.41) is 25.9. The zero-order chi connectivity index (χ0) is 22.0. The predicted octanol–water partition coefficient (Wildman–Crippen LogP) is 3.28. The molecule has 4 rings (SSSR count). The second-order valence-electron chi connectivity index (χ2n) is 7.11. The Labute approximate surface area is 187 Å². The van der Waals surface area contributed by atoms with Gasteiger partial charge in [-0.25, -0.2) is 4.79 Å². The Bertz CT molecular complexity index is 1140. The molecule has 0 radical (unpaired) electrons. The number of carbonyl (C=O) groups is 2. The van der Waals surface area contributed by atoms with Crippen LogP contribution in [0.15, 0.2) is 60.1 Å². The topological polar surface area (TPSA) is 110 Å². The lowest BCUT2D eigenvalue weighted by Gasteiger charge is -2.24. The largest absolute Gasteiger partial charge is 0.391 e. The molecule has 0 saturated carbocycles. The van der Waals surface area contributed by atoms with Crippen molar-refractivity contribution >= 4 is 46.3 Å². The van der Waals surface area contributed by atoms with E-state index in [1.165, 1.54) is 16.2 Å². The number of urea groups is 1. The number of thiazole rings is 1. The highest BCUT2D eigenvalue weighted by Crippen LogP contribution is 2.22. The normalized spacial score (nSPS) is 18.1. The van der Waals surface area contributed by atoms with Crippen LogP contribution in [-0.4, -0.2) is 45.2 Å². The number of amides is 3. The van der Waals surface area contributed by atoms with Crippen molar-refractivity contribution in [1.82, 2.24) is 9.47 Å². The molecule has 2 aromatic carbocycles.